The van der Waals surface area contributed by atoms with Gasteiger partial charge in [-0.3, -0.25) is 19.0 Å². The highest BCUT2D eigenvalue weighted by molar-refractivity contribution is 6.10. The number of nitrogens with zero attached hydrogens (tertiary/aromatic N) is 1. The van der Waals surface area contributed by atoms with Crippen LogP contribution in [0.4, 0.5) is 0 Å². The van der Waals surface area contributed by atoms with Crippen LogP contribution in [-0.2, 0) is 4.79 Å². The van der Waals surface area contributed by atoms with E-state index in [1.165, 1.54) is 4.57 Å². The molecule has 0 aliphatic rings. The molecule has 1 heterocycles. The van der Waals surface area contributed by atoms with Crippen molar-refractivity contribution in [1.29, 1.82) is 0 Å². The van der Waals surface area contributed by atoms with E-state index in [2.05, 4.69) is 0 Å². The number of nitrogens with two attached hydrogens (primary N) is 1. The van der Waals surface area contributed by atoms with Gasteiger partial charge in [0.1, 0.15) is 11.3 Å². The molecule has 2 aromatic carbocycles. The Morgan fingerprint density at radius 1 is 1.00 bits per heavy atom. The molecular formula is C18H14N2O4. The minimum absolute atomic E-state index is 0.341. The van der Waals surface area contributed by atoms with Gasteiger partial charge in [-0.25, -0.2) is 0 Å². The van der Waals surface area contributed by atoms with Crippen LogP contribution in [0.15, 0.2) is 59.4 Å². The standard InChI is InChI=1S/C18H14N2O4/c19-15(22)10-14(21)16-17(23)12-8-4-5-9-13(12)20(18(16)24)11-6-2-1-3-7-11/h1-9,23H,10H2,(H2,19,22). The van der Waals surface area contributed by atoms with Gasteiger partial charge in [0.05, 0.1) is 11.9 Å². The van der Waals surface area contributed by atoms with Crippen molar-refractivity contribution < 1.29 is 14.7 Å². The van der Waals surface area contributed by atoms with E-state index in [1.54, 1.807) is 54.6 Å². The number of fused-ring (bicyclic) bond motifs is 1. The van der Waals surface area contributed by atoms with Crippen molar-refractivity contribution in [3.05, 3.63) is 70.5 Å². The number of hydrogen-bond acceptors (Lipinski definition) is 4. The molecular weight excluding hydrogens is 308 g/mol. The summed E-state index contributed by atoms with van der Waals surface area (Å²) in [6.45, 7) is 0. The molecule has 1 aromatic heterocycles. The lowest BCUT2D eigenvalue weighted by atomic mass is 10.0. The Balaban J connectivity index is 2.41. The van der Waals surface area contributed by atoms with Gasteiger partial charge in [-0.05, 0) is 24.3 Å². The summed E-state index contributed by atoms with van der Waals surface area (Å²) >= 11 is 0. The molecule has 0 radical (unpaired) electrons. The number of aromatic nitrogens is 1. The molecule has 0 unspecified atom stereocenters. The summed E-state index contributed by atoms with van der Waals surface area (Å²) in [5.74, 6) is -2.10. The van der Waals surface area contributed by atoms with Gasteiger partial charge in [0.2, 0.25) is 5.91 Å². The van der Waals surface area contributed by atoms with Gasteiger partial charge in [0.15, 0.2) is 5.78 Å². The second-order valence-corrected chi connectivity index (χ2v) is 5.28. The maximum Gasteiger partial charge on any atom is 0.270 e. The lowest BCUT2D eigenvalue weighted by Gasteiger charge is -2.14. The van der Waals surface area contributed by atoms with Gasteiger partial charge in [0, 0.05) is 11.1 Å². The van der Waals surface area contributed by atoms with E-state index in [4.69, 9.17) is 5.73 Å². The summed E-state index contributed by atoms with van der Waals surface area (Å²) < 4.78 is 1.34. The number of pyridine rings is 1. The molecule has 3 aromatic rings. The largest absolute Gasteiger partial charge is 0.506 e. The second-order valence-electron chi connectivity index (χ2n) is 5.28. The van der Waals surface area contributed by atoms with Gasteiger partial charge in [-0.15, -0.1) is 0 Å². The van der Waals surface area contributed by atoms with Gasteiger partial charge in [-0.2, -0.15) is 0 Å². The van der Waals surface area contributed by atoms with E-state index in [1.807, 2.05) is 0 Å². The summed E-state index contributed by atoms with van der Waals surface area (Å²) in [6, 6.07) is 15.4. The first kappa shape index (κ1) is 15.5. The molecule has 0 fully saturated rings. The SMILES string of the molecule is NC(=O)CC(=O)c1c(O)c2ccccc2n(-c2ccccc2)c1=O. The van der Waals surface area contributed by atoms with Gasteiger partial charge in [0.25, 0.3) is 5.56 Å². The number of ketones is 1. The number of rotatable bonds is 4. The zero-order chi connectivity index (χ0) is 17.3. The number of primary amides is 1. The molecule has 120 valence electrons. The third kappa shape index (κ3) is 2.54. The lowest BCUT2D eigenvalue weighted by molar-refractivity contribution is -0.117. The van der Waals surface area contributed by atoms with Gasteiger partial charge >= 0.3 is 0 Å². The Labute approximate surface area is 136 Å². The fraction of sp³-hybridized carbons (Fsp3) is 0.0556. The molecule has 0 saturated heterocycles. The predicted molar refractivity (Wildman–Crippen MR) is 89.4 cm³/mol. The highest BCUT2D eigenvalue weighted by Crippen LogP contribution is 2.28. The van der Waals surface area contributed by atoms with Gasteiger partial charge in [-0.1, -0.05) is 30.3 Å². The smallest absolute Gasteiger partial charge is 0.270 e. The van der Waals surface area contributed by atoms with E-state index in [0.717, 1.165) is 0 Å². The Morgan fingerprint density at radius 3 is 2.29 bits per heavy atom. The van der Waals surface area contributed by atoms with E-state index in [9.17, 15) is 19.5 Å². The van der Waals surface area contributed by atoms with E-state index in [0.29, 0.717) is 16.6 Å². The molecule has 1 amide bonds. The van der Waals surface area contributed by atoms with E-state index >= 15 is 0 Å². The number of carbonyl (C=O) groups is 2. The zero-order valence-electron chi connectivity index (χ0n) is 12.6. The topological polar surface area (TPSA) is 102 Å². The van der Waals surface area contributed by atoms with Crippen LogP contribution in [0.2, 0.25) is 0 Å². The number of Topliss-reactive ketones (excluding diaryl/α,β-unsaturated/α-hetero) is 1. The molecule has 0 atom stereocenters. The van der Waals surface area contributed by atoms with Crippen LogP contribution in [0.1, 0.15) is 16.8 Å². The average molecular weight is 322 g/mol. The predicted octanol–water partition coefficient (Wildman–Crippen LogP) is 1.75. The van der Waals surface area contributed by atoms with Crippen LogP contribution in [0.5, 0.6) is 5.75 Å². The van der Waals surface area contributed by atoms with Crippen LogP contribution in [0.25, 0.3) is 16.6 Å². The van der Waals surface area contributed by atoms with Crippen molar-refractivity contribution in [3.8, 4) is 11.4 Å². The highest BCUT2D eigenvalue weighted by Gasteiger charge is 2.23. The van der Waals surface area contributed by atoms with Crippen LogP contribution in [-0.4, -0.2) is 21.4 Å². The molecule has 6 heteroatoms. The highest BCUT2D eigenvalue weighted by atomic mass is 16.3. The summed E-state index contributed by atoms with van der Waals surface area (Å²) in [4.78, 5) is 36.1. The molecule has 3 rings (SSSR count). The Hall–Kier alpha value is -3.41. The number of hydrogen-bond donors (Lipinski definition) is 2. The van der Waals surface area contributed by atoms with Crippen LogP contribution in [0, 0.1) is 0 Å². The molecule has 3 N–H and O–H groups in total. The Morgan fingerprint density at radius 2 is 1.62 bits per heavy atom. The monoisotopic (exact) mass is 322 g/mol. The number of benzene rings is 2. The first-order valence-electron chi connectivity index (χ1n) is 7.24. The third-order valence-electron chi connectivity index (χ3n) is 3.68. The van der Waals surface area contributed by atoms with Crippen molar-refractivity contribution in [2.75, 3.05) is 0 Å². The minimum atomic E-state index is -0.863. The van der Waals surface area contributed by atoms with Crippen LogP contribution in [0.3, 0.4) is 0 Å². The second kappa shape index (κ2) is 6.00. The average Bonchev–Trinajstić information content (AvgIpc) is 2.55. The van der Waals surface area contributed by atoms with Crippen molar-refractivity contribution in [2.24, 2.45) is 5.73 Å². The molecule has 0 saturated carbocycles. The lowest BCUT2D eigenvalue weighted by Crippen LogP contribution is -2.28. The normalized spacial score (nSPS) is 10.7. The number of carbonyl (C=O) groups excluding carboxylic acids is 2. The fourth-order valence-corrected chi connectivity index (χ4v) is 2.66. The number of aromatic hydroxyl groups is 1. The molecule has 0 aliphatic carbocycles. The minimum Gasteiger partial charge on any atom is -0.506 e. The molecule has 0 spiro atoms. The maximum atomic E-state index is 12.9. The first-order chi connectivity index (χ1) is 11.5. The molecule has 0 aliphatic heterocycles. The number of para-hydroxylation sites is 2. The van der Waals surface area contributed by atoms with E-state index < -0.39 is 35.0 Å². The summed E-state index contributed by atoms with van der Waals surface area (Å²) in [5.41, 5.74) is 4.93. The van der Waals surface area contributed by atoms with Gasteiger partial charge < -0.3 is 10.8 Å². The third-order valence-corrected chi connectivity index (χ3v) is 3.68. The molecule has 0 bridgehead atoms. The van der Waals surface area contributed by atoms with Crippen molar-refractivity contribution in [1.82, 2.24) is 4.57 Å². The fourth-order valence-electron chi connectivity index (χ4n) is 2.66. The molecule has 6 nitrogen and oxygen atoms in total. The zero-order valence-corrected chi connectivity index (χ0v) is 12.6. The Kier molecular flexibility index (Phi) is 3.87. The summed E-state index contributed by atoms with van der Waals surface area (Å²) in [7, 11) is 0. The quantitative estimate of drug-likeness (QED) is 0.564. The number of amides is 1. The van der Waals surface area contributed by atoms with Crippen molar-refractivity contribution in [2.45, 2.75) is 6.42 Å². The summed E-state index contributed by atoms with van der Waals surface area (Å²) in [5, 5.41) is 10.7. The molecule has 24 heavy (non-hydrogen) atoms. The van der Waals surface area contributed by atoms with Crippen molar-refractivity contribution in [3.63, 3.8) is 0 Å². The van der Waals surface area contributed by atoms with Crippen molar-refractivity contribution >= 4 is 22.6 Å². The van der Waals surface area contributed by atoms with Crippen LogP contribution >= 0.6 is 0 Å². The maximum absolute atomic E-state index is 12.9. The Bertz CT molecular complexity index is 1010. The summed E-state index contributed by atoms with van der Waals surface area (Å²) in [6.07, 6.45) is -0.643. The first-order valence-corrected chi connectivity index (χ1v) is 7.24. The van der Waals surface area contributed by atoms with Crippen LogP contribution < -0.4 is 11.3 Å². The van der Waals surface area contributed by atoms with E-state index in [-0.39, 0.29) is 0 Å².